The number of pyridine rings is 1. The monoisotopic (exact) mass is 247 g/mol. The third kappa shape index (κ3) is 2.88. The van der Waals surface area contributed by atoms with Crippen molar-refractivity contribution in [1.29, 1.82) is 0 Å². The number of anilines is 1. The maximum absolute atomic E-state index is 11.4. The Morgan fingerprint density at radius 2 is 2.22 bits per heavy atom. The van der Waals surface area contributed by atoms with Gasteiger partial charge in [0.1, 0.15) is 6.20 Å². The molecule has 0 radical (unpaired) electrons. The van der Waals surface area contributed by atoms with Crippen molar-refractivity contribution in [3.63, 3.8) is 0 Å². The molecular weight excluding hydrogens is 238 g/mol. The zero-order valence-corrected chi connectivity index (χ0v) is 9.18. The van der Waals surface area contributed by atoms with Gasteiger partial charge in [-0.25, -0.2) is 14.8 Å². The van der Waals surface area contributed by atoms with E-state index in [1.165, 1.54) is 12.4 Å². The second kappa shape index (κ2) is 5.04. The first-order chi connectivity index (χ1) is 8.65. The number of hydrogen-bond acceptors (Lipinski definition) is 5. The quantitative estimate of drug-likeness (QED) is 0.360. The zero-order valence-electron chi connectivity index (χ0n) is 9.18. The highest BCUT2D eigenvalue weighted by molar-refractivity contribution is 5.21. The molecule has 0 aliphatic carbocycles. The van der Waals surface area contributed by atoms with Crippen LogP contribution in [-0.4, -0.2) is 15.0 Å². The van der Waals surface area contributed by atoms with Gasteiger partial charge in [-0.15, -0.1) is 0 Å². The summed E-state index contributed by atoms with van der Waals surface area (Å²) in [7, 11) is 0. The molecule has 0 aliphatic rings. The molecular formula is C10H9N5O3. The van der Waals surface area contributed by atoms with Crippen molar-refractivity contribution in [3.8, 4) is 0 Å². The minimum atomic E-state index is -0.836. The van der Waals surface area contributed by atoms with Crippen LogP contribution in [0.4, 0.5) is 5.95 Å². The van der Waals surface area contributed by atoms with Crippen molar-refractivity contribution in [3.05, 3.63) is 63.4 Å². The molecule has 0 aromatic carbocycles. The van der Waals surface area contributed by atoms with Gasteiger partial charge in [-0.2, -0.15) is 0 Å². The third-order valence-corrected chi connectivity index (χ3v) is 2.17. The molecule has 92 valence electrons. The Morgan fingerprint density at radius 3 is 2.83 bits per heavy atom. The van der Waals surface area contributed by atoms with E-state index in [1.807, 2.05) is 6.07 Å². The molecule has 0 saturated carbocycles. The summed E-state index contributed by atoms with van der Waals surface area (Å²) in [4.78, 5) is 17.8. The van der Waals surface area contributed by atoms with Crippen LogP contribution in [0.15, 0.2) is 36.9 Å². The number of hydrogen-bond donors (Lipinski definition) is 1. The van der Waals surface area contributed by atoms with Gasteiger partial charge >= 0.3 is 5.95 Å². The minimum absolute atomic E-state index is 0.328. The van der Waals surface area contributed by atoms with Gasteiger partial charge in [-0.3, -0.25) is 4.98 Å². The lowest BCUT2D eigenvalue weighted by molar-refractivity contribution is -0.606. The highest BCUT2D eigenvalue weighted by Gasteiger charge is 2.13. The van der Waals surface area contributed by atoms with E-state index < -0.39 is 5.03 Å². The molecule has 8 heteroatoms. The molecule has 0 saturated heterocycles. The second-order valence-corrected chi connectivity index (χ2v) is 3.52. The molecule has 1 N–H and O–H groups in total. The van der Waals surface area contributed by atoms with Crippen LogP contribution < -0.4 is 10.2 Å². The molecule has 0 atom stereocenters. The van der Waals surface area contributed by atoms with Crippen molar-refractivity contribution in [2.75, 3.05) is 5.43 Å². The van der Waals surface area contributed by atoms with E-state index >= 15 is 0 Å². The number of hydrazine groups is 1. The Labute approximate surface area is 102 Å². The van der Waals surface area contributed by atoms with Gasteiger partial charge in [0.2, 0.25) is 5.03 Å². The first-order valence-corrected chi connectivity index (χ1v) is 5.03. The summed E-state index contributed by atoms with van der Waals surface area (Å²) in [5, 5.41) is 20.8. The van der Waals surface area contributed by atoms with Crippen LogP contribution >= 0.6 is 0 Å². The van der Waals surface area contributed by atoms with E-state index in [-0.39, 0.29) is 5.95 Å². The zero-order chi connectivity index (χ0) is 13.0. The van der Waals surface area contributed by atoms with Gasteiger partial charge in [0.25, 0.3) is 0 Å². The summed E-state index contributed by atoms with van der Waals surface area (Å²) >= 11 is 0. The summed E-state index contributed by atoms with van der Waals surface area (Å²) in [5.74, 6) is -0.366. The normalized spacial score (nSPS) is 10.0. The third-order valence-electron chi connectivity index (χ3n) is 2.17. The lowest BCUT2D eigenvalue weighted by Crippen LogP contribution is -2.34. The second-order valence-electron chi connectivity index (χ2n) is 3.52. The first-order valence-electron chi connectivity index (χ1n) is 5.03. The van der Waals surface area contributed by atoms with Gasteiger partial charge in [0, 0.05) is 29.8 Å². The molecule has 2 aromatic heterocycles. The first kappa shape index (κ1) is 11.7. The largest absolute Gasteiger partial charge is 0.740 e. The fourth-order valence-corrected chi connectivity index (χ4v) is 1.44. The molecule has 0 spiro atoms. The summed E-state index contributed by atoms with van der Waals surface area (Å²) in [6, 6.07) is 3.65. The molecule has 18 heavy (non-hydrogen) atoms. The van der Waals surface area contributed by atoms with Gasteiger partial charge in [0.05, 0.1) is 6.20 Å². The van der Waals surface area contributed by atoms with Crippen molar-refractivity contribution in [2.45, 2.75) is 6.42 Å². The average molecular weight is 247 g/mol. The van der Waals surface area contributed by atoms with Gasteiger partial charge in [-0.05, 0) is 11.6 Å². The standard InChI is InChI=1S/C10H9N5O3/c16-14-7-9(4-8-2-1-3-11-5-8)6-12-10(14)13-15(17)18/h1-3,5-7H,4H2,(H,12,13). The van der Waals surface area contributed by atoms with E-state index in [4.69, 9.17) is 0 Å². The van der Waals surface area contributed by atoms with Crippen molar-refractivity contribution in [2.24, 2.45) is 0 Å². The molecule has 0 unspecified atom stereocenters. The topological polar surface area (TPSA) is 108 Å². The lowest BCUT2D eigenvalue weighted by Gasteiger charge is -2.06. The Bertz CT molecular complexity index is 561. The molecule has 0 bridgehead atoms. The van der Waals surface area contributed by atoms with Crippen LogP contribution in [0.25, 0.3) is 0 Å². The molecule has 2 heterocycles. The fourth-order valence-electron chi connectivity index (χ4n) is 1.44. The predicted octanol–water partition coefficient (Wildman–Crippen LogP) is 0.304. The van der Waals surface area contributed by atoms with Crippen LogP contribution in [-0.2, 0) is 6.42 Å². The van der Waals surface area contributed by atoms with Crippen molar-refractivity contribution in [1.82, 2.24) is 9.97 Å². The highest BCUT2D eigenvalue weighted by atomic mass is 16.7. The maximum Gasteiger partial charge on any atom is 0.454 e. The van der Waals surface area contributed by atoms with E-state index in [0.717, 1.165) is 5.56 Å². The Hall–Kier alpha value is -2.77. The van der Waals surface area contributed by atoms with Crippen molar-refractivity contribution >= 4 is 5.95 Å². The number of nitrogens with one attached hydrogen (secondary N) is 1. The number of rotatable bonds is 4. The number of nitrogens with zero attached hydrogens (tertiary/aromatic N) is 4. The molecule has 0 fully saturated rings. The van der Waals surface area contributed by atoms with Gasteiger partial charge in [-0.1, -0.05) is 11.1 Å². The summed E-state index contributed by atoms with van der Waals surface area (Å²) in [6.45, 7) is 0. The Kier molecular flexibility index (Phi) is 3.28. The summed E-state index contributed by atoms with van der Waals surface area (Å²) in [6.07, 6.45) is 6.47. The average Bonchev–Trinajstić information content (AvgIpc) is 2.33. The highest BCUT2D eigenvalue weighted by Crippen LogP contribution is 2.06. The Balaban J connectivity index is 2.16. The summed E-state index contributed by atoms with van der Waals surface area (Å²) in [5.41, 5.74) is 3.28. The van der Waals surface area contributed by atoms with Crippen LogP contribution in [0.5, 0.6) is 0 Å². The number of aromatic nitrogens is 3. The van der Waals surface area contributed by atoms with Crippen LogP contribution in [0.2, 0.25) is 0 Å². The summed E-state index contributed by atoms with van der Waals surface area (Å²) < 4.78 is 0.328. The Morgan fingerprint density at radius 1 is 1.39 bits per heavy atom. The van der Waals surface area contributed by atoms with Crippen LogP contribution in [0.3, 0.4) is 0 Å². The smallest absolute Gasteiger partial charge is 0.454 e. The van der Waals surface area contributed by atoms with E-state index in [0.29, 0.717) is 16.7 Å². The predicted molar refractivity (Wildman–Crippen MR) is 60.9 cm³/mol. The molecule has 8 nitrogen and oxygen atoms in total. The van der Waals surface area contributed by atoms with Gasteiger partial charge < -0.3 is 5.21 Å². The molecule has 0 amide bonds. The lowest BCUT2D eigenvalue weighted by atomic mass is 10.1. The van der Waals surface area contributed by atoms with Crippen LogP contribution in [0.1, 0.15) is 11.1 Å². The van der Waals surface area contributed by atoms with Crippen molar-refractivity contribution < 1.29 is 9.76 Å². The molecule has 2 aromatic rings. The fraction of sp³-hybridized carbons (Fsp3) is 0.100. The van der Waals surface area contributed by atoms with E-state index in [2.05, 4.69) is 9.97 Å². The molecule has 2 rings (SSSR count). The number of nitro groups is 1. The maximum atomic E-state index is 11.4. The van der Waals surface area contributed by atoms with E-state index in [9.17, 15) is 15.3 Å². The van der Waals surface area contributed by atoms with Gasteiger partial charge in [0.15, 0.2) is 0 Å². The molecule has 0 aliphatic heterocycles. The van der Waals surface area contributed by atoms with E-state index in [1.54, 1.807) is 23.9 Å². The minimum Gasteiger partial charge on any atom is -0.740 e. The SMILES string of the molecule is O=[N+]([O-])Nc1ncc(Cc2cccnc2)c[n+]1[O-]. The van der Waals surface area contributed by atoms with Crippen LogP contribution in [0, 0.1) is 15.3 Å².